The third kappa shape index (κ3) is 2.75. The van der Waals surface area contributed by atoms with Crippen molar-refractivity contribution in [1.82, 2.24) is 10.6 Å². The number of benzene rings is 1. The Balaban J connectivity index is 1.76. The van der Waals surface area contributed by atoms with Gasteiger partial charge in [-0.15, -0.1) is 0 Å². The van der Waals surface area contributed by atoms with Gasteiger partial charge in [-0.25, -0.2) is 4.79 Å². The fourth-order valence-corrected chi connectivity index (χ4v) is 1.61. The topological polar surface area (TPSA) is 67.4 Å². The molecule has 0 bridgehead atoms. The molecule has 0 saturated carbocycles. The molecule has 5 nitrogen and oxygen atoms in total. The van der Waals surface area contributed by atoms with Crippen LogP contribution in [-0.2, 0) is 16.1 Å². The molecule has 0 aromatic heterocycles. The predicted octanol–water partition coefficient (Wildman–Crippen LogP) is 0.800. The molecular weight excluding hydrogens is 220 g/mol. The monoisotopic (exact) mass is 234 g/mol. The first-order valence-electron chi connectivity index (χ1n) is 5.44. The van der Waals surface area contributed by atoms with Crippen LogP contribution in [0.15, 0.2) is 30.3 Å². The van der Waals surface area contributed by atoms with Crippen molar-refractivity contribution in [3.8, 4) is 0 Å². The minimum atomic E-state index is -0.569. The highest BCUT2D eigenvalue weighted by Crippen LogP contribution is 2.06. The summed E-state index contributed by atoms with van der Waals surface area (Å²) in [5, 5.41) is 5.14. The van der Waals surface area contributed by atoms with E-state index in [-0.39, 0.29) is 18.6 Å². The van der Waals surface area contributed by atoms with Gasteiger partial charge in [0.05, 0.1) is 6.04 Å². The van der Waals surface area contributed by atoms with Crippen LogP contribution in [0.4, 0.5) is 4.79 Å². The van der Waals surface area contributed by atoms with E-state index in [2.05, 4.69) is 10.6 Å². The van der Waals surface area contributed by atoms with E-state index in [1.807, 2.05) is 37.3 Å². The number of rotatable bonds is 3. The number of hydrogen-bond acceptors (Lipinski definition) is 3. The summed E-state index contributed by atoms with van der Waals surface area (Å²) < 4.78 is 5.00. The number of carbonyl (C=O) groups excluding carboxylic acids is 2. The third-order valence-corrected chi connectivity index (χ3v) is 2.64. The molecule has 1 aliphatic rings. The molecule has 2 rings (SSSR count). The Labute approximate surface area is 99.2 Å². The Morgan fingerprint density at radius 2 is 2.12 bits per heavy atom. The van der Waals surface area contributed by atoms with Gasteiger partial charge in [0.2, 0.25) is 5.91 Å². The smallest absolute Gasteiger partial charge is 0.408 e. The standard InChI is InChI=1S/C12H14N2O3/c1-8-10(11(15)13-8)14-12(16)17-7-9-5-3-2-4-6-9/h2-6,8,10H,7H2,1H3,(H,13,15)(H,14,16)/t8-,10+/m1/s1. The minimum absolute atomic E-state index is 0.0354. The molecule has 0 radical (unpaired) electrons. The van der Waals surface area contributed by atoms with Crippen LogP contribution in [0.2, 0.25) is 0 Å². The van der Waals surface area contributed by atoms with Crippen molar-refractivity contribution in [2.75, 3.05) is 0 Å². The Morgan fingerprint density at radius 3 is 2.71 bits per heavy atom. The lowest BCUT2D eigenvalue weighted by Crippen LogP contribution is -2.67. The van der Waals surface area contributed by atoms with Crippen LogP contribution in [0, 0.1) is 0 Å². The molecule has 1 heterocycles. The first-order valence-corrected chi connectivity index (χ1v) is 5.44. The number of hydrogen-bond donors (Lipinski definition) is 2. The second-order valence-electron chi connectivity index (χ2n) is 3.98. The molecule has 1 saturated heterocycles. The fraction of sp³-hybridized carbons (Fsp3) is 0.333. The van der Waals surface area contributed by atoms with Crippen molar-refractivity contribution in [3.63, 3.8) is 0 Å². The van der Waals surface area contributed by atoms with Gasteiger partial charge >= 0.3 is 6.09 Å². The van der Waals surface area contributed by atoms with Crippen LogP contribution in [-0.4, -0.2) is 24.1 Å². The molecule has 1 aromatic rings. The predicted molar refractivity (Wildman–Crippen MR) is 61.2 cm³/mol. The molecule has 0 aliphatic carbocycles. The molecule has 17 heavy (non-hydrogen) atoms. The number of nitrogens with one attached hydrogen (secondary N) is 2. The van der Waals surface area contributed by atoms with Gasteiger partial charge in [-0.2, -0.15) is 0 Å². The van der Waals surface area contributed by atoms with Crippen LogP contribution in [0.5, 0.6) is 0 Å². The zero-order chi connectivity index (χ0) is 12.3. The van der Waals surface area contributed by atoms with Crippen molar-refractivity contribution in [1.29, 1.82) is 0 Å². The molecule has 2 amide bonds. The average molecular weight is 234 g/mol. The van der Waals surface area contributed by atoms with Crippen LogP contribution in [0.25, 0.3) is 0 Å². The van der Waals surface area contributed by atoms with E-state index in [9.17, 15) is 9.59 Å². The van der Waals surface area contributed by atoms with Gasteiger partial charge in [-0.05, 0) is 12.5 Å². The Kier molecular flexibility index (Phi) is 3.27. The van der Waals surface area contributed by atoms with E-state index < -0.39 is 12.1 Å². The van der Waals surface area contributed by atoms with Gasteiger partial charge in [0.25, 0.3) is 0 Å². The Bertz CT molecular complexity index is 419. The molecular formula is C12H14N2O3. The van der Waals surface area contributed by atoms with E-state index in [4.69, 9.17) is 4.74 Å². The van der Waals surface area contributed by atoms with E-state index >= 15 is 0 Å². The normalized spacial score (nSPS) is 22.3. The van der Waals surface area contributed by atoms with E-state index in [0.717, 1.165) is 5.56 Å². The van der Waals surface area contributed by atoms with E-state index in [0.29, 0.717) is 0 Å². The van der Waals surface area contributed by atoms with Gasteiger partial charge in [0, 0.05) is 0 Å². The van der Waals surface area contributed by atoms with Crippen molar-refractivity contribution in [3.05, 3.63) is 35.9 Å². The van der Waals surface area contributed by atoms with Gasteiger partial charge in [0.1, 0.15) is 12.6 Å². The number of carbonyl (C=O) groups is 2. The quantitative estimate of drug-likeness (QED) is 0.760. The van der Waals surface area contributed by atoms with Crippen molar-refractivity contribution in [2.45, 2.75) is 25.6 Å². The zero-order valence-electron chi connectivity index (χ0n) is 9.47. The Morgan fingerprint density at radius 1 is 1.41 bits per heavy atom. The van der Waals surface area contributed by atoms with Gasteiger partial charge in [-0.1, -0.05) is 30.3 Å². The summed E-state index contributed by atoms with van der Waals surface area (Å²) in [5.41, 5.74) is 0.911. The largest absolute Gasteiger partial charge is 0.445 e. The molecule has 2 N–H and O–H groups in total. The lowest BCUT2D eigenvalue weighted by Gasteiger charge is -2.33. The maximum Gasteiger partial charge on any atom is 0.408 e. The van der Waals surface area contributed by atoms with E-state index in [1.165, 1.54) is 0 Å². The maximum atomic E-state index is 11.4. The van der Waals surface area contributed by atoms with Gasteiger partial charge in [-0.3, -0.25) is 4.79 Å². The molecule has 1 fully saturated rings. The molecule has 5 heteroatoms. The zero-order valence-corrected chi connectivity index (χ0v) is 9.47. The molecule has 0 spiro atoms. The number of β-lactam (4-membered cyclic amide) rings is 1. The first kappa shape index (κ1) is 11.4. The fourth-order valence-electron chi connectivity index (χ4n) is 1.61. The number of ether oxygens (including phenoxy) is 1. The Hall–Kier alpha value is -2.04. The molecule has 1 aromatic carbocycles. The summed E-state index contributed by atoms with van der Waals surface area (Å²) in [6.07, 6.45) is -0.569. The van der Waals surface area contributed by atoms with Crippen molar-refractivity contribution in [2.24, 2.45) is 0 Å². The van der Waals surface area contributed by atoms with Crippen LogP contribution >= 0.6 is 0 Å². The second-order valence-corrected chi connectivity index (χ2v) is 3.98. The highest BCUT2D eigenvalue weighted by Gasteiger charge is 2.37. The molecule has 2 atom stereocenters. The SMILES string of the molecule is C[C@H]1NC(=O)[C@H]1NC(=O)OCc1ccccc1. The lowest BCUT2D eigenvalue weighted by molar-refractivity contribution is -0.131. The molecule has 1 aliphatic heterocycles. The minimum Gasteiger partial charge on any atom is -0.445 e. The number of amides is 2. The van der Waals surface area contributed by atoms with Crippen LogP contribution in [0.1, 0.15) is 12.5 Å². The summed E-state index contributed by atoms with van der Waals surface area (Å²) in [7, 11) is 0. The summed E-state index contributed by atoms with van der Waals surface area (Å²) >= 11 is 0. The summed E-state index contributed by atoms with van der Waals surface area (Å²) in [5.74, 6) is -0.172. The van der Waals surface area contributed by atoms with Crippen LogP contribution in [0.3, 0.4) is 0 Å². The lowest BCUT2D eigenvalue weighted by atomic mass is 10.0. The highest BCUT2D eigenvalue weighted by molar-refractivity contribution is 5.92. The van der Waals surface area contributed by atoms with Gasteiger partial charge in [0.15, 0.2) is 0 Å². The summed E-state index contributed by atoms with van der Waals surface area (Å²) in [4.78, 5) is 22.5. The van der Waals surface area contributed by atoms with Crippen LogP contribution < -0.4 is 10.6 Å². The second kappa shape index (κ2) is 4.86. The highest BCUT2D eigenvalue weighted by atomic mass is 16.5. The summed E-state index contributed by atoms with van der Waals surface area (Å²) in [6.45, 7) is 2.03. The summed E-state index contributed by atoms with van der Waals surface area (Å²) in [6, 6.07) is 8.86. The first-order chi connectivity index (χ1) is 8.16. The molecule has 0 unspecified atom stereocenters. The molecule has 90 valence electrons. The van der Waals surface area contributed by atoms with E-state index in [1.54, 1.807) is 0 Å². The van der Waals surface area contributed by atoms with Crippen molar-refractivity contribution >= 4 is 12.0 Å². The van der Waals surface area contributed by atoms with Gasteiger partial charge < -0.3 is 15.4 Å². The third-order valence-electron chi connectivity index (χ3n) is 2.64. The average Bonchev–Trinajstić information content (AvgIpc) is 2.35. The maximum absolute atomic E-state index is 11.4. The van der Waals surface area contributed by atoms with Crippen molar-refractivity contribution < 1.29 is 14.3 Å². The number of alkyl carbamates (subject to hydrolysis) is 1.